The van der Waals surface area contributed by atoms with Crippen LogP contribution in [0.1, 0.15) is 25.7 Å². The minimum Gasteiger partial charge on any atom is -0.354 e. The van der Waals surface area contributed by atoms with Crippen LogP contribution < -0.4 is 10.6 Å². The van der Waals surface area contributed by atoms with Crippen molar-refractivity contribution in [2.24, 2.45) is 5.92 Å². The van der Waals surface area contributed by atoms with Crippen molar-refractivity contribution < 1.29 is 4.79 Å². The standard InChI is InChI=1S/C12H21N3O/c16-12-10-2-1-7-15(11(10)8-14-12)9-3-5-13-6-4-9/h9-11,13H,1-8H2,(H,14,16). The lowest BCUT2D eigenvalue weighted by atomic mass is 9.88. The number of rotatable bonds is 1. The molecule has 2 atom stereocenters. The molecule has 0 bridgehead atoms. The Bertz CT molecular complexity index is 275. The van der Waals surface area contributed by atoms with Gasteiger partial charge in [-0.05, 0) is 45.3 Å². The Balaban J connectivity index is 1.71. The number of nitrogens with one attached hydrogen (secondary N) is 2. The van der Waals surface area contributed by atoms with Gasteiger partial charge in [0.2, 0.25) is 5.91 Å². The van der Waals surface area contributed by atoms with Crippen LogP contribution in [0.5, 0.6) is 0 Å². The van der Waals surface area contributed by atoms with Crippen molar-refractivity contribution in [1.82, 2.24) is 15.5 Å². The van der Waals surface area contributed by atoms with Gasteiger partial charge in [0.1, 0.15) is 0 Å². The van der Waals surface area contributed by atoms with E-state index in [2.05, 4.69) is 15.5 Å². The molecule has 0 spiro atoms. The summed E-state index contributed by atoms with van der Waals surface area (Å²) in [5.74, 6) is 0.576. The summed E-state index contributed by atoms with van der Waals surface area (Å²) < 4.78 is 0. The van der Waals surface area contributed by atoms with Crippen LogP contribution >= 0.6 is 0 Å². The highest BCUT2D eigenvalue weighted by atomic mass is 16.2. The lowest BCUT2D eigenvalue weighted by molar-refractivity contribution is -0.124. The van der Waals surface area contributed by atoms with Crippen LogP contribution in [0.4, 0.5) is 0 Å². The summed E-state index contributed by atoms with van der Waals surface area (Å²) in [6.45, 7) is 4.36. The number of nitrogens with zero attached hydrogens (tertiary/aromatic N) is 1. The first-order chi connectivity index (χ1) is 7.86. The summed E-state index contributed by atoms with van der Waals surface area (Å²) in [5, 5.41) is 6.45. The molecule has 3 aliphatic rings. The van der Waals surface area contributed by atoms with Gasteiger partial charge in [0, 0.05) is 18.6 Å². The minimum absolute atomic E-state index is 0.281. The summed E-state index contributed by atoms with van der Waals surface area (Å²) in [6.07, 6.45) is 4.78. The molecule has 3 rings (SSSR count). The van der Waals surface area contributed by atoms with E-state index in [1.165, 1.54) is 25.8 Å². The van der Waals surface area contributed by atoms with Gasteiger partial charge in [0.05, 0.1) is 5.92 Å². The van der Waals surface area contributed by atoms with Crippen LogP contribution in [0, 0.1) is 5.92 Å². The molecule has 0 aliphatic carbocycles. The third-order valence-electron chi connectivity index (χ3n) is 4.42. The van der Waals surface area contributed by atoms with E-state index in [0.29, 0.717) is 18.0 Å². The third-order valence-corrected chi connectivity index (χ3v) is 4.42. The molecule has 0 aromatic heterocycles. The van der Waals surface area contributed by atoms with E-state index in [1.54, 1.807) is 0 Å². The Morgan fingerprint density at radius 3 is 2.81 bits per heavy atom. The molecule has 3 fully saturated rings. The van der Waals surface area contributed by atoms with Crippen LogP contribution in [0.15, 0.2) is 0 Å². The zero-order chi connectivity index (χ0) is 11.0. The normalized spacial score (nSPS) is 37.1. The summed E-state index contributed by atoms with van der Waals surface area (Å²) in [6, 6.07) is 1.20. The van der Waals surface area contributed by atoms with Crippen molar-refractivity contribution >= 4 is 5.91 Å². The average Bonchev–Trinajstić information content (AvgIpc) is 2.73. The van der Waals surface area contributed by atoms with E-state index in [1.807, 2.05) is 0 Å². The van der Waals surface area contributed by atoms with Gasteiger partial charge >= 0.3 is 0 Å². The maximum absolute atomic E-state index is 11.7. The largest absolute Gasteiger partial charge is 0.354 e. The second-order valence-electron chi connectivity index (χ2n) is 5.28. The molecule has 16 heavy (non-hydrogen) atoms. The highest BCUT2D eigenvalue weighted by Gasteiger charge is 2.42. The molecule has 0 aromatic rings. The first kappa shape index (κ1) is 10.5. The topological polar surface area (TPSA) is 44.4 Å². The zero-order valence-electron chi connectivity index (χ0n) is 9.74. The molecule has 3 aliphatic heterocycles. The van der Waals surface area contributed by atoms with Gasteiger partial charge in [-0.25, -0.2) is 0 Å². The van der Waals surface area contributed by atoms with Crippen molar-refractivity contribution in [3.05, 3.63) is 0 Å². The fourth-order valence-corrected chi connectivity index (χ4v) is 3.58. The quantitative estimate of drug-likeness (QED) is 0.655. The van der Waals surface area contributed by atoms with E-state index in [-0.39, 0.29) is 5.92 Å². The lowest BCUT2D eigenvalue weighted by Gasteiger charge is -2.43. The van der Waals surface area contributed by atoms with Gasteiger partial charge < -0.3 is 10.6 Å². The number of carbonyl (C=O) groups is 1. The van der Waals surface area contributed by atoms with Gasteiger partial charge in [-0.3, -0.25) is 9.69 Å². The van der Waals surface area contributed by atoms with Crippen molar-refractivity contribution in [1.29, 1.82) is 0 Å². The SMILES string of the molecule is O=C1NCC2C1CCCN2C1CCNCC1. The fraction of sp³-hybridized carbons (Fsp3) is 0.917. The van der Waals surface area contributed by atoms with E-state index < -0.39 is 0 Å². The zero-order valence-corrected chi connectivity index (χ0v) is 9.74. The molecular weight excluding hydrogens is 202 g/mol. The van der Waals surface area contributed by atoms with Gasteiger partial charge in [0.15, 0.2) is 0 Å². The van der Waals surface area contributed by atoms with E-state index in [9.17, 15) is 4.79 Å². The predicted molar refractivity (Wildman–Crippen MR) is 62.1 cm³/mol. The van der Waals surface area contributed by atoms with Gasteiger partial charge in [0.25, 0.3) is 0 Å². The molecule has 2 N–H and O–H groups in total. The molecule has 90 valence electrons. The molecule has 3 saturated heterocycles. The lowest BCUT2D eigenvalue weighted by Crippen LogP contribution is -2.53. The third kappa shape index (κ3) is 1.74. The molecule has 4 nitrogen and oxygen atoms in total. The Morgan fingerprint density at radius 2 is 2.00 bits per heavy atom. The van der Waals surface area contributed by atoms with Crippen molar-refractivity contribution in [2.75, 3.05) is 26.2 Å². The van der Waals surface area contributed by atoms with Gasteiger partial charge in [-0.1, -0.05) is 0 Å². The molecule has 4 heteroatoms. The Hall–Kier alpha value is -0.610. The monoisotopic (exact) mass is 223 g/mol. The van der Waals surface area contributed by atoms with Gasteiger partial charge in [-0.2, -0.15) is 0 Å². The Kier molecular flexibility index (Phi) is 2.86. The van der Waals surface area contributed by atoms with E-state index in [0.717, 1.165) is 26.1 Å². The number of likely N-dealkylation sites (tertiary alicyclic amines) is 1. The summed E-state index contributed by atoms with van der Waals surface area (Å²) in [4.78, 5) is 14.3. The Morgan fingerprint density at radius 1 is 1.19 bits per heavy atom. The van der Waals surface area contributed by atoms with Crippen molar-refractivity contribution in [3.8, 4) is 0 Å². The maximum Gasteiger partial charge on any atom is 0.224 e. The van der Waals surface area contributed by atoms with Crippen LogP contribution in [-0.4, -0.2) is 49.1 Å². The molecule has 2 unspecified atom stereocenters. The average molecular weight is 223 g/mol. The first-order valence-corrected chi connectivity index (χ1v) is 6.60. The van der Waals surface area contributed by atoms with Crippen LogP contribution in [0.3, 0.4) is 0 Å². The van der Waals surface area contributed by atoms with Crippen molar-refractivity contribution in [3.63, 3.8) is 0 Å². The molecular formula is C12H21N3O. The number of amides is 1. The molecule has 3 heterocycles. The van der Waals surface area contributed by atoms with Crippen molar-refractivity contribution in [2.45, 2.75) is 37.8 Å². The first-order valence-electron chi connectivity index (χ1n) is 6.60. The number of carbonyl (C=O) groups excluding carboxylic acids is 1. The second-order valence-corrected chi connectivity index (χ2v) is 5.28. The number of hydrogen-bond donors (Lipinski definition) is 2. The van der Waals surface area contributed by atoms with Crippen LogP contribution in [0.2, 0.25) is 0 Å². The molecule has 0 radical (unpaired) electrons. The van der Waals surface area contributed by atoms with Gasteiger partial charge in [-0.15, -0.1) is 0 Å². The highest BCUT2D eigenvalue weighted by molar-refractivity contribution is 5.82. The summed E-state index contributed by atoms with van der Waals surface area (Å²) >= 11 is 0. The Labute approximate surface area is 96.8 Å². The van der Waals surface area contributed by atoms with Crippen LogP contribution in [-0.2, 0) is 4.79 Å². The smallest absolute Gasteiger partial charge is 0.224 e. The number of piperidine rings is 2. The number of hydrogen-bond acceptors (Lipinski definition) is 3. The van der Waals surface area contributed by atoms with E-state index >= 15 is 0 Å². The minimum atomic E-state index is 0.281. The predicted octanol–water partition coefficient (Wildman–Crippen LogP) is -0.0512. The summed E-state index contributed by atoms with van der Waals surface area (Å²) in [5.41, 5.74) is 0. The van der Waals surface area contributed by atoms with Crippen LogP contribution in [0.25, 0.3) is 0 Å². The highest BCUT2D eigenvalue weighted by Crippen LogP contribution is 2.30. The van der Waals surface area contributed by atoms with E-state index in [4.69, 9.17) is 0 Å². The maximum atomic E-state index is 11.7. The summed E-state index contributed by atoms with van der Waals surface area (Å²) in [7, 11) is 0. The fourth-order valence-electron chi connectivity index (χ4n) is 3.58. The second kappa shape index (κ2) is 4.34. The molecule has 0 aromatic carbocycles. The number of fused-ring (bicyclic) bond motifs is 1. The molecule has 1 amide bonds. The molecule has 0 saturated carbocycles.